The molecule has 8 nitrogen and oxygen atoms in total. The van der Waals surface area contributed by atoms with Gasteiger partial charge >= 0.3 is 0 Å². The zero-order chi connectivity index (χ0) is 25.4. The minimum absolute atomic E-state index is 0.128. The van der Waals surface area contributed by atoms with Crippen molar-refractivity contribution < 1.29 is 22.0 Å². The van der Waals surface area contributed by atoms with Crippen molar-refractivity contribution in [2.45, 2.75) is 49.6 Å². The van der Waals surface area contributed by atoms with E-state index in [4.69, 9.17) is 0 Å². The topological polar surface area (TPSA) is 96.3 Å². The SMILES string of the molecule is Cc1ccc([C@@H]2C[C@@H](C(F)F)n3ncc(C(=O)Nc4ccc(S(=O)(=O)N5CCCC5)cc4)c3N2)cc1. The van der Waals surface area contributed by atoms with Gasteiger partial charge in [0.25, 0.3) is 12.3 Å². The lowest BCUT2D eigenvalue weighted by atomic mass is 9.96. The van der Waals surface area contributed by atoms with Gasteiger partial charge < -0.3 is 10.6 Å². The van der Waals surface area contributed by atoms with E-state index in [0.29, 0.717) is 18.8 Å². The van der Waals surface area contributed by atoms with E-state index in [0.717, 1.165) is 24.0 Å². The van der Waals surface area contributed by atoms with E-state index in [9.17, 15) is 22.0 Å². The molecule has 0 radical (unpaired) electrons. The van der Waals surface area contributed by atoms with Gasteiger partial charge in [-0.2, -0.15) is 9.40 Å². The quantitative estimate of drug-likeness (QED) is 0.501. The summed E-state index contributed by atoms with van der Waals surface area (Å²) in [6.07, 6.45) is 0.434. The molecular weight excluding hydrogens is 488 g/mol. The number of sulfonamides is 1. The molecule has 36 heavy (non-hydrogen) atoms. The molecular formula is C25H27F2N5O3S. The summed E-state index contributed by atoms with van der Waals surface area (Å²) in [6, 6.07) is 12.0. The number of hydrogen-bond acceptors (Lipinski definition) is 5. The van der Waals surface area contributed by atoms with Crippen LogP contribution in [0.25, 0.3) is 0 Å². The molecule has 2 N–H and O–H groups in total. The normalized spacial score (nSPS) is 20.2. The third kappa shape index (κ3) is 4.60. The molecule has 1 amide bonds. The molecule has 3 heterocycles. The summed E-state index contributed by atoms with van der Waals surface area (Å²) >= 11 is 0. The van der Waals surface area contributed by atoms with Gasteiger partial charge in [-0.25, -0.2) is 21.9 Å². The Morgan fingerprint density at radius 1 is 1.08 bits per heavy atom. The lowest BCUT2D eigenvalue weighted by molar-refractivity contribution is 0.0657. The Morgan fingerprint density at radius 2 is 1.75 bits per heavy atom. The average Bonchev–Trinajstić information content (AvgIpc) is 3.55. The maximum atomic E-state index is 13.9. The second-order valence-electron chi connectivity index (χ2n) is 9.19. The van der Waals surface area contributed by atoms with Crippen LogP contribution in [-0.2, 0) is 10.0 Å². The second-order valence-corrected chi connectivity index (χ2v) is 11.1. The summed E-state index contributed by atoms with van der Waals surface area (Å²) < 4.78 is 55.9. The van der Waals surface area contributed by atoms with Gasteiger partial charge in [-0.1, -0.05) is 29.8 Å². The van der Waals surface area contributed by atoms with Crippen LogP contribution in [0.1, 0.15) is 52.8 Å². The molecule has 0 aliphatic carbocycles. The van der Waals surface area contributed by atoms with Crippen LogP contribution in [-0.4, -0.2) is 47.9 Å². The number of benzene rings is 2. The predicted octanol–water partition coefficient (Wildman–Crippen LogP) is 4.59. The highest BCUT2D eigenvalue weighted by Gasteiger charge is 2.36. The molecule has 5 rings (SSSR count). The number of aromatic nitrogens is 2. The van der Waals surface area contributed by atoms with Gasteiger partial charge in [-0.3, -0.25) is 4.79 Å². The second kappa shape index (κ2) is 9.62. The van der Waals surface area contributed by atoms with Crippen LogP contribution in [0, 0.1) is 6.92 Å². The molecule has 190 valence electrons. The minimum atomic E-state index is -3.56. The summed E-state index contributed by atoms with van der Waals surface area (Å²) in [7, 11) is -3.56. The van der Waals surface area contributed by atoms with E-state index in [1.807, 2.05) is 31.2 Å². The van der Waals surface area contributed by atoms with Crippen LogP contribution in [0.2, 0.25) is 0 Å². The van der Waals surface area contributed by atoms with Crippen molar-refractivity contribution in [2.75, 3.05) is 23.7 Å². The lowest BCUT2D eigenvalue weighted by Crippen LogP contribution is -2.31. The van der Waals surface area contributed by atoms with Gasteiger partial charge in [0.2, 0.25) is 10.0 Å². The van der Waals surface area contributed by atoms with Crippen molar-refractivity contribution in [3.8, 4) is 0 Å². The number of anilines is 2. The predicted molar refractivity (Wildman–Crippen MR) is 132 cm³/mol. The van der Waals surface area contributed by atoms with E-state index in [2.05, 4.69) is 15.7 Å². The summed E-state index contributed by atoms with van der Waals surface area (Å²) in [6.45, 7) is 2.96. The Balaban J connectivity index is 1.37. The molecule has 1 fully saturated rings. The maximum absolute atomic E-state index is 13.9. The zero-order valence-electron chi connectivity index (χ0n) is 19.7. The van der Waals surface area contributed by atoms with Crippen LogP contribution in [0.4, 0.5) is 20.3 Å². The van der Waals surface area contributed by atoms with Crippen molar-refractivity contribution in [1.29, 1.82) is 0 Å². The number of nitrogens with one attached hydrogen (secondary N) is 2. The fraction of sp³-hybridized carbons (Fsp3) is 0.360. The molecule has 0 saturated carbocycles. The molecule has 1 aromatic heterocycles. The molecule has 0 bridgehead atoms. The number of halogens is 2. The number of rotatable bonds is 6. The molecule has 2 aromatic carbocycles. The van der Waals surface area contributed by atoms with Crippen LogP contribution in [0.3, 0.4) is 0 Å². The third-order valence-electron chi connectivity index (χ3n) is 6.73. The van der Waals surface area contributed by atoms with Crippen LogP contribution in [0.15, 0.2) is 59.6 Å². The first-order valence-electron chi connectivity index (χ1n) is 11.8. The first kappa shape index (κ1) is 24.4. The van der Waals surface area contributed by atoms with E-state index in [-0.39, 0.29) is 22.7 Å². The van der Waals surface area contributed by atoms with E-state index >= 15 is 0 Å². The van der Waals surface area contributed by atoms with Crippen molar-refractivity contribution in [1.82, 2.24) is 14.1 Å². The largest absolute Gasteiger partial charge is 0.363 e. The van der Waals surface area contributed by atoms with Gasteiger partial charge in [0.15, 0.2) is 0 Å². The summed E-state index contributed by atoms with van der Waals surface area (Å²) in [5.74, 6) is -0.306. The number of carbonyl (C=O) groups excluding carboxylic acids is 1. The molecule has 1 saturated heterocycles. The monoisotopic (exact) mass is 515 g/mol. The van der Waals surface area contributed by atoms with E-state index in [1.165, 1.54) is 39.4 Å². The van der Waals surface area contributed by atoms with Crippen LogP contribution < -0.4 is 10.6 Å². The smallest absolute Gasteiger partial charge is 0.261 e. The maximum Gasteiger partial charge on any atom is 0.261 e. The highest BCUT2D eigenvalue weighted by Crippen LogP contribution is 2.39. The van der Waals surface area contributed by atoms with Crippen molar-refractivity contribution in [3.05, 3.63) is 71.4 Å². The van der Waals surface area contributed by atoms with Gasteiger partial charge in [-0.05, 0) is 56.0 Å². The standard InChI is InChI=1S/C25H27F2N5O3S/c1-16-4-6-17(7-5-16)21-14-22(23(26)27)32-24(30-21)20(15-28-32)25(33)29-18-8-10-19(11-9-18)36(34,35)31-12-2-3-13-31/h4-11,15,21-23,30H,2-3,12-14H2,1H3,(H,29,33)/t21-,22-/m0/s1. The molecule has 2 aliphatic heterocycles. The summed E-state index contributed by atoms with van der Waals surface area (Å²) in [5, 5.41) is 10.0. The molecule has 0 spiro atoms. The number of fused-ring (bicyclic) bond motifs is 1. The molecule has 2 atom stereocenters. The highest BCUT2D eigenvalue weighted by molar-refractivity contribution is 7.89. The number of hydrogen-bond donors (Lipinski definition) is 2. The van der Waals surface area contributed by atoms with Gasteiger partial charge in [0.05, 0.1) is 17.1 Å². The van der Waals surface area contributed by atoms with E-state index in [1.54, 1.807) is 0 Å². The first-order chi connectivity index (χ1) is 17.2. The number of nitrogens with zero attached hydrogens (tertiary/aromatic N) is 3. The number of amides is 1. The Labute approximate surface area is 208 Å². The Bertz CT molecular complexity index is 1350. The number of alkyl halides is 2. The van der Waals surface area contributed by atoms with Gasteiger partial charge in [0.1, 0.15) is 17.4 Å². The molecule has 0 unspecified atom stereocenters. The fourth-order valence-electron chi connectivity index (χ4n) is 4.70. The minimum Gasteiger partial charge on any atom is -0.363 e. The van der Waals surface area contributed by atoms with E-state index < -0.39 is 34.4 Å². The lowest BCUT2D eigenvalue weighted by Gasteiger charge is -2.32. The summed E-state index contributed by atoms with van der Waals surface area (Å²) in [4.78, 5) is 13.2. The van der Waals surface area contributed by atoms with Gasteiger partial charge in [0, 0.05) is 18.8 Å². The third-order valence-corrected chi connectivity index (χ3v) is 8.64. The first-order valence-corrected chi connectivity index (χ1v) is 13.3. The highest BCUT2D eigenvalue weighted by atomic mass is 32.2. The molecule has 2 aliphatic rings. The number of carbonyl (C=O) groups is 1. The van der Waals surface area contributed by atoms with Gasteiger partial charge in [-0.15, -0.1) is 0 Å². The fourth-order valence-corrected chi connectivity index (χ4v) is 6.22. The Kier molecular flexibility index (Phi) is 6.52. The Morgan fingerprint density at radius 3 is 2.39 bits per heavy atom. The number of aryl methyl sites for hydroxylation is 1. The molecule has 11 heteroatoms. The van der Waals surface area contributed by atoms with Crippen LogP contribution in [0.5, 0.6) is 0 Å². The Hall–Kier alpha value is -3.31. The van der Waals surface area contributed by atoms with Crippen molar-refractivity contribution in [2.24, 2.45) is 0 Å². The molecule has 3 aromatic rings. The average molecular weight is 516 g/mol. The van der Waals surface area contributed by atoms with Crippen molar-refractivity contribution in [3.63, 3.8) is 0 Å². The van der Waals surface area contributed by atoms with Crippen molar-refractivity contribution >= 4 is 27.4 Å². The zero-order valence-corrected chi connectivity index (χ0v) is 20.5. The summed E-state index contributed by atoms with van der Waals surface area (Å²) in [5.41, 5.74) is 2.42. The van der Waals surface area contributed by atoms with Crippen LogP contribution >= 0.6 is 0 Å².